The second-order valence-electron chi connectivity index (χ2n) is 9.42. The van der Waals surface area contributed by atoms with E-state index < -0.39 is 0 Å². The van der Waals surface area contributed by atoms with Crippen molar-refractivity contribution in [1.29, 1.82) is 0 Å². The maximum Gasteiger partial charge on any atom is -0.0300 e. The minimum Gasteiger partial charge on any atom is -0.0654 e. The molecule has 0 heteroatoms. The molecule has 0 nitrogen and oxygen atoms in total. The van der Waals surface area contributed by atoms with E-state index >= 15 is 0 Å². The summed E-state index contributed by atoms with van der Waals surface area (Å²) in [5.74, 6) is 3.26. The zero-order chi connectivity index (χ0) is 17.3. The average molecular weight is 335 g/mol. The first-order chi connectivity index (χ1) is 11.7. The fourth-order valence-electron chi connectivity index (χ4n) is 5.96. The topological polar surface area (TPSA) is 0 Å². The molecule has 2 aliphatic carbocycles. The Labute approximate surface area is 153 Å². The summed E-state index contributed by atoms with van der Waals surface area (Å²) in [7, 11) is 0. The van der Waals surface area contributed by atoms with Gasteiger partial charge in [-0.15, -0.1) is 0 Å². The van der Waals surface area contributed by atoms with Gasteiger partial charge in [-0.05, 0) is 68.1 Å². The zero-order valence-corrected chi connectivity index (χ0v) is 17.3. The van der Waals surface area contributed by atoms with Crippen LogP contribution in [0.15, 0.2) is 0 Å². The van der Waals surface area contributed by atoms with Crippen molar-refractivity contribution in [2.75, 3.05) is 0 Å². The summed E-state index contributed by atoms with van der Waals surface area (Å²) >= 11 is 0. The number of unbranched alkanes of at least 4 members (excludes halogenated alkanes) is 4. The molecule has 0 aromatic heterocycles. The summed E-state index contributed by atoms with van der Waals surface area (Å²) < 4.78 is 0. The molecule has 0 spiro atoms. The highest BCUT2D eigenvalue weighted by molar-refractivity contribution is 4.88. The largest absolute Gasteiger partial charge is 0.0654 e. The first-order valence-corrected chi connectivity index (χ1v) is 11.7. The molecule has 0 amide bonds. The van der Waals surface area contributed by atoms with Gasteiger partial charge in [0.15, 0.2) is 0 Å². The fraction of sp³-hybridized carbons (Fsp3) is 1.00. The number of hydrogen-bond donors (Lipinski definition) is 0. The summed E-state index contributed by atoms with van der Waals surface area (Å²) in [6.07, 6.45) is 25.6. The molecular formula is C24H46. The third-order valence-electron chi connectivity index (χ3n) is 7.91. The highest BCUT2D eigenvalue weighted by Crippen LogP contribution is 2.49. The quantitative estimate of drug-likeness (QED) is 0.351. The second kappa shape index (κ2) is 10.9. The Kier molecular flexibility index (Phi) is 9.20. The molecule has 0 aromatic rings. The third-order valence-corrected chi connectivity index (χ3v) is 7.91. The van der Waals surface area contributed by atoms with Crippen molar-refractivity contribution in [3.05, 3.63) is 0 Å². The van der Waals surface area contributed by atoms with Crippen LogP contribution in [0, 0.1) is 23.2 Å². The van der Waals surface area contributed by atoms with Gasteiger partial charge in [0.25, 0.3) is 0 Å². The lowest BCUT2D eigenvalue weighted by atomic mass is 9.62. The normalized spacial score (nSPS) is 34.4. The van der Waals surface area contributed by atoms with Gasteiger partial charge in [0, 0.05) is 0 Å². The van der Waals surface area contributed by atoms with Crippen molar-refractivity contribution in [1.82, 2.24) is 0 Å². The van der Waals surface area contributed by atoms with Crippen LogP contribution in [0.2, 0.25) is 0 Å². The van der Waals surface area contributed by atoms with Crippen molar-refractivity contribution in [2.24, 2.45) is 23.2 Å². The molecule has 0 atom stereocenters. The van der Waals surface area contributed by atoms with Crippen LogP contribution >= 0.6 is 0 Å². The van der Waals surface area contributed by atoms with E-state index in [1.165, 1.54) is 57.8 Å². The molecule has 2 rings (SSSR count). The smallest absolute Gasteiger partial charge is 0.0300 e. The Hall–Kier alpha value is 0. The minimum absolute atomic E-state index is 0.738. The van der Waals surface area contributed by atoms with Gasteiger partial charge < -0.3 is 0 Å². The predicted molar refractivity (Wildman–Crippen MR) is 108 cm³/mol. The SMILES string of the molecule is CCCCCCCC1(CC)CCC(C2CCC(CCC)CC2)CC1. The Balaban J connectivity index is 1.69. The summed E-state index contributed by atoms with van der Waals surface area (Å²) in [5, 5.41) is 0. The van der Waals surface area contributed by atoms with E-state index in [9.17, 15) is 0 Å². The van der Waals surface area contributed by atoms with E-state index in [1.807, 2.05) is 0 Å². The Morgan fingerprint density at radius 3 is 1.88 bits per heavy atom. The molecule has 2 fully saturated rings. The van der Waals surface area contributed by atoms with Crippen LogP contribution in [0.5, 0.6) is 0 Å². The van der Waals surface area contributed by atoms with E-state index in [4.69, 9.17) is 0 Å². The lowest BCUT2D eigenvalue weighted by Gasteiger charge is -2.44. The summed E-state index contributed by atoms with van der Waals surface area (Å²) in [4.78, 5) is 0. The van der Waals surface area contributed by atoms with Crippen LogP contribution in [0.4, 0.5) is 0 Å². The molecule has 0 radical (unpaired) electrons. The molecule has 0 N–H and O–H groups in total. The van der Waals surface area contributed by atoms with Crippen LogP contribution < -0.4 is 0 Å². The van der Waals surface area contributed by atoms with Crippen LogP contribution in [0.25, 0.3) is 0 Å². The molecular weight excluding hydrogens is 288 g/mol. The lowest BCUT2D eigenvalue weighted by Crippen LogP contribution is -2.31. The number of hydrogen-bond acceptors (Lipinski definition) is 0. The molecule has 0 heterocycles. The zero-order valence-electron chi connectivity index (χ0n) is 17.3. The molecule has 0 unspecified atom stereocenters. The van der Waals surface area contributed by atoms with Gasteiger partial charge in [-0.3, -0.25) is 0 Å². The van der Waals surface area contributed by atoms with Crippen molar-refractivity contribution >= 4 is 0 Å². The number of rotatable bonds is 10. The van der Waals surface area contributed by atoms with Crippen molar-refractivity contribution in [3.8, 4) is 0 Å². The van der Waals surface area contributed by atoms with Crippen molar-refractivity contribution in [2.45, 2.75) is 130 Å². The van der Waals surface area contributed by atoms with E-state index in [2.05, 4.69) is 20.8 Å². The first kappa shape index (κ1) is 20.3. The standard InChI is InChI=1S/C24H46/c1-4-7-8-9-10-18-24(6-3)19-16-23(17-20-24)22-14-12-21(11-5-2)13-15-22/h21-23H,4-20H2,1-3H3. The highest BCUT2D eigenvalue weighted by atomic mass is 14.4. The van der Waals surface area contributed by atoms with Gasteiger partial charge in [-0.1, -0.05) is 85.0 Å². The van der Waals surface area contributed by atoms with Crippen molar-refractivity contribution in [3.63, 3.8) is 0 Å². The average Bonchev–Trinajstić information content (AvgIpc) is 2.63. The Morgan fingerprint density at radius 2 is 1.29 bits per heavy atom. The summed E-state index contributed by atoms with van der Waals surface area (Å²) in [6.45, 7) is 7.16. The lowest BCUT2D eigenvalue weighted by molar-refractivity contribution is 0.0798. The van der Waals surface area contributed by atoms with Gasteiger partial charge in [-0.25, -0.2) is 0 Å². The van der Waals surface area contributed by atoms with Crippen LogP contribution in [-0.4, -0.2) is 0 Å². The van der Waals surface area contributed by atoms with Crippen LogP contribution in [0.1, 0.15) is 130 Å². The molecule has 0 bridgehead atoms. The first-order valence-electron chi connectivity index (χ1n) is 11.7. The summed E-state index contributed by atoms with van der Waals surface area (Å²) in [6, 6.07) is 0. The fourth-order valence-corrected chi connectivity index (χ4v) is 5.96. The second-order valence-corrected chi connectivity index (χ2v) is 9.42. The maximum absolute atomic E-state index is 2.47. The van der Waals surface area contributed by atoms with Gasteiger partial charge in [0.2, 0.25) is 0 Å². The van der Waals surface area contributed by atoms with Crippen LogP contribution in [-0.2, 0) is 0 Å². The van der Waals surface area contributed by atoms with E-state index in [0.717, 1.165) is 23.2 Å². The molecule has 0 aromatic carbocycles. The van der Waals surface area contributed by atoms with E-state index in [1.54, 1.807) is 51.4 Å². The van der Waals surface area contributed by atoms with Crippen LogP contribution in [0.3, 0.4) is 0 Å². The molecule has 0 aliphatic heterocycles. The molecule has 24 heavy (non-hydrogen) atoms. The van der Waals surface area contributed by atoms with Gasteiger partial charge >= 0.3 is 0 Å². The molecule has 0 saturated heterocycles. The Bertz CT molecular complexity index is 302. The Morgan fingerprint density at radius 1 is 0.667 bits per heavy atom. The van der Waals surface area contributed by atoms with E-state index in [0.29, 0.717) is 0 Å². The molecule has 142 valence electrons. The van der Waals surface area contributed by atoms with Gasteiger partial charge in [0.1, 0.15) is 0 Å². The third kappa shape index (κ3) is 6.06. The van der Waals surface area contributed by atoms with Gasteiger partial charge in [-0.2, -0.15) is 0 Å². The van der Waals surface area contributed by atoms with E-state index in [-0.39, 0.29) is 0 Å². The summed E-state index contributed by atoms with van der Waals surface area (Å²) in [5.41, 5.74) is 0.738. The maximum atomic E-state index is 2.47. The van der Waals surface area contributed by atoms with Gasteiger partial charge in [0.05, 0.1) is 0 Å². The minimum atomic E-state index is 0.738. The molecule has 2 saturated carbocycles. The highest BCUT2D eigenvalue weighted by Gasteiger charge is 2.36. The molecule has 2 aliphatic rings. The predicted octanol–water partition coefficient (Wildman–Crippen LogP) is 8.54. The monoisotopic (exact) mass is 334 g/mol. The van der Waals surface area contributed by atoms with Crippen molar-refractivity contribution < 1.29 is 0 Å².